The molecule has 0 aliphatic carbocycles. The lowest BCUT2D eigenvalue weighted by molar-refractivity contribution is 0.120. The summed E-state index contributed by atoms with van der Waals surface area (Å²) in [6.07, 6.45) is 3.98. The van der Waals surface area contributed by atoms with Crippen LogP contribution >= 0.6 is 11.8 Å². The van der Waals surface area contributed by atoms with E-state index in [0.29, 0.717) is 0 Å². The molecule has 0 amide bonds. The molecule has 1 fully saturated rings. The highest BCUT2D eigenvalue weighted by Crippen LogP contribution is 2.22. The number of hydrogen-bond donors (Lipinski definition) is 0. The molecule has 1 atom stereocenters. The summed E-state index contributed by atoms with van der Waals surface area (Å²) in [6, 6.07) is 0.758. The Balaban J connectivity index is 2.15. The minimum atomic E-state index is 0.758. The van der Waals surface area contributed by atoms with Crippen LogP contribution in [0, 0.1) is 5.92 Å². The number of rotatable bonds is 7. The lowest BCUT2D eigenvalue weighted by Crippen LogP contribution is -2.41. The molecule has 0 aromatic rings. The quantitative estimate of drug-likeness (QED) is 0.684. The maximum absolute atomic E-state index is 5.16. The van der Waals surface area contributed by atoms with E-state index in [1.807, 2.05) is 0 Å². The number of nitrogens with zero attached hydrogens (tertiary/aromatic N) is 1. The van der Waals surface area contributed by atoms with Crippen LogP contribution in [0.3, 0.4) is 0 Å². The molecular weight excluding hydrogens is 218 g/mol. The first-order valence-electron chi connectivity index (χ1n) is 6.58. The molecule has 1 aliphatic rings. The molecule has 96 valence electrons. The zero-order valence-electron chi connectivity index (χ0n) is 11.1. The van der Waals surface area contributed by atoms with E-state index >= 15 is 0 Å². The van der Waals surface area contributed by atoms with Gasteiger partial charge >= 0.3 is 0 Å². The molecule has 1 rings (SSSR count). The highest BCUT2D eigenvalue weighted by atomic mass is 32.2. The monoisotopic (exact) mass is 245 g/mol. The summed E-state index contributed by atoms with van der Waals surface area (Å²) in [6.45, 7) is 8.14. The first-order chi connectivity index (χ1) is 7.77. The fraction of sp³-hybridized carbons (Fsp3) is 1.00. The van der Waals surface area contributed by atoms with Crippen LogP contribution in [0.2, 0.25) is 0 Å². The standard InChI is InChI=1S/C13H27NOS/c1-4-16-11-12(2)14-8-5-13(6-9-14)7-10-15-3/h12-13H,4-11H2,1-3H3. The largest absolute Gasteiger partial charge is 0.385 e. The van der Waals surface area contributed by atoms with Crippen molar-refractivity contribution >= 4 is 11.8 Å². The van der Waals surface area contributed by atoms with Crippen LogP contribution in [0.15, 0.2) is 0 Å². The van der Waals surface area contributed by atoms with Crippen LogP contribution in [-0.2, 0) is 4.74 Å². The molecule has 3 heteroatoms. The van der Waals surface area contributed by atoms with Crippen molar-refractivity contribution in [2.75, 3.05) is 38.3 Å². The number of hydrogen-bond acceptors (Lipinski definition) is 3. The van der Waals surface area contributed by atoms with Crippen molar-refractivity contribution in [1.82, 2.24) is 4.90 Å². The third-order valence-electron chi connectivity index (χ3n) is 3.57. The van der Waals surface area contributed by atoms with E-state index in [9.17, 15) is 0 Å². The van der Waals surface area contributed by atoms with Gasteiger partial charge < -0.3 is 4.74 Å². The van der Waals surface area contributed by atoms with E-state index in [-0.39, 0.29) is 0 Å². The zero-order chi connectivity index (χ0) is 11.8. The van der Waals surface area contributed by atoms with E-state index in [2.05, 4.69) is 30.5 Å². The van der Waals surface area contributed by atoms with Gasteiger partial charge in [-0.1, -0.05) is 6.92 Å². The predicted octanol–water partition coefficient (Wildman–Crippen LogP) is 2.88. The second-order valence-corrected chi connectivity index (χ2v) is 6.09. The molecule has 16 heavy (non-hydrogen) atoms. The summed E-state index contributed by atoms with van der Waals surface area (Å²) >= 11 is 2.06. The molecule has 1 heterocycles. The zero-order valence-corrected chi connectivity index (χ0v) is 11.9. The van der Waals surface area contributed by atoms with Crippen molar-refractivity contribution in [3.63, 3.8) is 0 Å². The van der Waals surface area contributed by atoms with Crippen molar-refractivity contribution in [2.45, 2.75) is 39.2 Å². The summed E-state index contributed by atoms with van der Waals surface area (Å²) in [5.41, 5.74) is 0. The summed E-state index contributed by atoms with van der Waals surface area (Å²) in [5.74, 6) is 3.44. The fourth-order valence-corrected chi connectivity index (χ4v) is 3.15. The number of ether oxygens (including phenoxy) is 1. The van der Waals surface area contributed by atoms with Gasteiger partial charge in [0.1, 0.15) is 0 Å². The third-order valence-corrected chi connectivity index (χ3v) is 4.69. The summed E-state index contributed by atoms with van der Waals surface area (Å²) in [5, 5.41) is 0. The van der Waals surface area contributed by atoms with E-state index in [1.54, 1.807) is 7.11 Å². The van der Waals surface area contributed by atoms with Gasteiger partial charge in [-0.2, -0.15) is 11.8 Å². The summed E-state index contributed by atoms with van der Waals surface area (Å²) < 4.78 is 5.16. The van der Waals surface area contributed by atoms with Crippen molar-refractivity contribution in [3.8, 4) is 0 Å². The van der Waals surface area contributed by atoms with Gasteiger partial charge in [0, 0.05) is 25.5 Å². The van der Waals surface area contributed by atoms with E-state index < -0.39 is 0 Å². The minimum absolute atomic E-state index is 0.758. The Kier molecular flexibility index (Phi) is 7.50. The Morgan fingerprint density at radius 2 is 2.06 bits per heavy atom. The van der Waals surface area contributed by atoms with Crippen LogP contribution in [0.5, 0.6) is 0 Å². The van der Waals surface area contributed by atoms with Crippen molar-refractivity contribution in [2.24, 2.45) is 5.92 Å². The normalized spacial score (nSPS) is 21.2. The van der Waals surface area contributed by atoms with E-state index in [1.165, 1.54) is 43.9 Å². The molecule has 0 bridgehead atoms. The van der Waals surface area contributed by atoms with Gasteiger partial charge in [0.05, 0.1) is 0 Å². The molecule has 0 N–H and O–H groups in total. The predicted molar refractivity (Wildman–Crippen MR) is 73.3 cm³/mol. The SMILES string of the molecule is CCSCC(C)N1CCC(CCOC)CC1. The molecule has 1 unspecified atom stereocenters. The maximum Gasteiger partial charge on any atom is 0.0464 e. The number of piperidine rings is 1. The number of methoxy groups -OCH3 is 1. The van der Waals surface area contributed by atoms with E-state index in [0.717, 1.165) is 18.6 Å². The van der Waals surface area contributed by atoms with Crippen molar-refractivity contribution in [3.05, 3.63) is 0 Å². The Morgan fingerprint density at radius 3 is 2.62 bits per heavy atom. The van der Waals surface area contributed by atoms with Gasteiger partial charge in [-0.05, 0) is 50.9 Å². The molecule has 2 nitrogen and oxygen atoms in total. The van der Waals surface area contributed by atoms with Crippen LogP contribution in [0.25, 0.3) is 0 Å². The maximum atomic E-state index is 5.16. The van der Waals surface area contributed by atoms with Gasteiger partial charge in [-0.3, -0.25) is 4.90 Å². The molecule has 1 saturated heterocycles. The second kappa shape index (κ2) is 8.37. The third kappa shape index (κ3) is 5.07. The van der Waals surface area contributed by atoms with Crippen molar-refractivity contribution in [1.29, 1.82) is 0 Å². The average molecular weight is 245 g/mol. The summed E-state index contributed by atoms with van der Waals surface area (Å²) in [4.78, 5) is 2.66. The van der Waals surface area contributed by atoms with Gasteiger partial charge in [-0.15, -0.1) is 0 Å². The second-order valence-electron chi connectivity index (χ2n) is 4.77. The Labute approximate surface area is 105 Å². The van der Waals surface area contributed by atoms with Crippen LogP contribution in [0.4, 0.5) is 0 Å². The Hall–Kier alpha value is 0.270. The van der Waals surface area contributed by atoms with Gasteiger partial charge in [-0.25, -0.2) is 0 Å². The number of likely N-dealkylation sites (tertiary alicyclic amines) is 1. The number of thioether (sulfide) groups is 1. The lowest BCUT2D eigenvalue weighted by Gasteiger charge is -2.36. The smallest absolute Gasteiger partial charge is 0.0464 e. The average Bonchev–Trinajstić information content (AvgIpc) is 2.34. The van der Waals surface area contributed by atoms with Gasteiger partial charge in [0.25, 0.3) is 0 Å². The fourth-order valence-electron chi connectivity index (χ4n) is 2.36. The topological polar surface area (TPSA) is 12.5 Å². The molecule has 0 spiro atoms. The molecular formula is C13H27NOS. The van der Waals surface area contributed by atoms with Crippen molar-refractivity contribution < 1.29 is 4.74 Å². The lowest BCUT2D eigenvalue weighted by atomic mass is 9.93. The first-order valence-corrected chi connectivity index (χ1v) is 7.74. The van der Waals surface area contributed by atoms with Gasteiger partial charge in [0.2, 0.25) is 0 Å². The highest BCUT2D eigenvalue weighted by Gasteiger charge is 2.22. The van der Waals surface area contributed by atoms with Gasteiger partial charge in [0.15, 0.2) is 0 Å². The molecule has 0 aromatic heterocycles. The Morgan fingerprint density at radius 1 is 1.38 bits per heavy atom. The molecule has 0 aromatic carbocycles. The molecule has 1 aliphatic heterocycles. The van der Waals surface area contributed by atoms with Crippen LogP contribution < -0.4 is 0 Å². The highest BCUT2D eigenvalue weighted by molar-refractivity contribution is 7.99. The molecule has 0 radical (unpaired) electrons. The Bertz CT molecular complexity index is 169. The molecule has 0 saturated carbocycles. The van der Waals surface area contributed by atoms with Crippen LogP contribution in [-0.4, -0.2) is 49.3 Å². The summed E-state index contributed by atoms with van der Waals surface area (Å²) in [7, 11) is 1.80. The van der Waals surface area contributed by atoms with E-state index in [4.69, 9.17) is 4.74 Å². The first kappa shape index (κ1) is 14.3. The minimum Gasteiger partial charge on any atom is -0.385 e. The van der Waals surface area contributed by atoms with Crippen LogP contribution in [0.1, 0.15) is 33.1 Å².